The normalized spacial score (nSPS) is 13.0. The van der Waals surface area contributed by atoms with Crippen molar-refractivity contribution in [3.8, 4) is 0 Å². The largest absolute Gasteiger partial charge is 0.466 e. The average Bonchev–Trinajstić information content (AvgIpc) is 2.37. The summed E-state index contributed by atoms with van der Waals surface area (Å²) in [4.78, 5) is 11.3. The van der Waals surface area contributed by atoms with Crippen LogP contribution in [0.15, 0.2) is 29.2 Å². The van der Waals surface area contributed by atoms with Crippen LogP contribution in [-0.4, -0.2) is 24.1 Å². The van der Waals surface area contributed by atoms with Crippen molar-refractivity contribution in [2.24, 2.45) is 5.73 Å². The molecule has 0 radical (unpaired) electrons. The number of nitrogens with two attached hydrogens (primary N) is 1. The molecule has 0 heterocycles. The first kappa shape index (κ1) is 17.8. The Morgan fingerprint density at radius 1 is 1.33 bits per heavy atom. The first-order valence-electron chi connectivity index (χ1n) is 6.56. The highest BCUT2D eigenvalue weighted by Crippen LogP contribution is 2.36. The van der Waals surface area contributed by atoms with Gasteiger partial charge in [-0.2, -0.15) is 13.2 Å². The third-order valence-corrected chi connectivity index (χ3v) is 3.42. The van der Waals surface area contributed by atoms with Crippen LogP contribution >= 0.6 is 11.8 Å². The number of alkyl halides is 3. The number of rotatable bonds is 7. The van der Waals surface area contributed by atoms with E-state index in [1.54, 1.807) is 19.1 Å². The van der Waals surface area contributed by atoms with Crippen molar-refractivity contribution in [1.29, 1.82) is 0 Å². The summed E-state index contributed by atoms with van der Waals surface area (Å²) in [5, 5.41) is 0. The van der Waals surface area contributed by atoms with Gasteiger partial charge in [0, 0.05) is 17.4 Å². The summed E-state index contributed by atoms with van der Waals surface area (Å²) in [6.45, 7) is 2.07. The third-order valence-electron chi connectivity index (χ3n) is 2.68. The fraction of sp³-hybridized carbons (Fsp3) is 0.500. The smallest absolute Gasteiger partial charge is 0.446 e. The summed E-state index contributed by atoms with van der Waals surface area (Å²) in [5.74, 6) is -0.287. The van der Waals surface area contributed by atoms with E-state index in [0.717, 1.165) is 5.56 Å². The van der Waals surface area contributed by atoms with E-state index in [4.69, 9.17) is 10.5 Å². The Hall–Kier alpha value is -1.21. The molecule has 0 saturated carbocycles. The van der Waals surface area contributed by atoms with Crippen LogP contribution < -0.4 is 5.73 Å². The first-order valence-corrected chi connectivity index (χ1v) is 7.37. The maximum Gasteiger partial charge on any atom is 0.446 e. The lowest BCUT2D eigenvalue weighted by Crippen LogP contribution is -2.24. The molecule has 0 aliphatic heterocycles. The van der Waals surface area contributed by atoms with Gasteiger partial charge in [0.15, 0.2) is 0 Å². The highest BCUT2D eigenvalue weighted by molar-refractivity contribution is 8.00. The maximum atomic E-state index is 12.2. The van der Waals surface area contributed by atoms with Crippen molar-refractivity contribution in [3.63, 3.8) is 0 Å². The quantitative estimate of drug-likeness (QED) is 0.617. The Morgan fingerprint density at radius 3 is 2.48 bits per heavy atom. The fourth-order valence-electron chi connectivity index (χ4n) is 1.77. The number of hydrogen-bond donors (Lipinski definition) is 1. The van der Waals surface area contributed by atoms with Gasteiger partial charge in [-0.3, -0.25) is 4.79 Å². The van der Waals surface area contributed by atoms with Gasteiger partial charge >= 0.3 is 11.5 Å². The molecular formula is C14H18F3NO2S. The maximum absolute atomic E-state index is 12.2. The summed E-state index contributed by atoms with van der Waals surface area (Å²) in [5.41, 5.74) is 2.46. The molecule has 0 spiro atoms. The van der Waals surface area contributed by atoms with Gasteiger partial charge in [-0.15, -0.1) is 0 Å². The molecule has 0 saturated heterocycles. The summed E-state index contributed by atoms with van der Waals surface area (Å²) in [7, 11) is 0. The van der Waals surface area contributed by atoms with Crippen molar-refractivity contribution >= 4 is 17.7 Å². The lowest BCUT2D eigenvalue weighted by molar-refractivity contribution is -0.143. The van der Waals surface area contributed by atoms with E-state index in [0.29, 0.717) is 19.4 Å². The molecule has 1 aromatic rings. The molecule has 0 bridgehead atoms. The van der Waals surface area contributed by atoms with E-state index < -0.39 is 5.51 Å². The van der Waals surface area contributed by atoms with Gasteiger partial charge in [0.1, 0.15) is 0 Å². The monoisotopic (exact) mass is 321 g/mol. The predicted molar refractivity (Wildman–Crippen MR) is 75.9 cm³/mol. The minimum Gasteiger partial charge on any atom is -0.466 e. The fourth-order valence-corrected chi connectivity index (χ4v) is 2.31. The number of carbonyl (C=O) groups is 1. The summed E-state index contributed by atoms with van der Waals surface area (Å²) in [6, 6.07) is 5.86. The number of halogens is 3. The second kappa shape index (κ2) is 8.29. The molecule has 1 unspecified atom stereocenters. The molecule has 0 aliphatic rings. The van der Waals surface area contributed by atoms with Crippen LogP contribution in [0, 0.1) is 0 Å². The van der Waals surface area contributed by atoms with Crippen LogP contribution in [0.3, 0.4) is 0 Å². The van der Waals surface area contributed by atoms with Gasteiger partial charge in [0.05, 0.1) is 6.61 Å². The molecule has 1 aromatic carbocycles. The zero-order valence-corrected chi connectivity index (χ0v) is 12.5. The van der Waals surface area contributed by atoms with E-state index in [1.807, 2.05) is 0 Å². The summed E-state index contributed by atoms with van der Waals surface area (Å²) in [6.07, 6.45) is 1.24. The Balaban J connectivity index is 2.42. The van der Waals surface area contributed by atoms with E-state index in [2.05, 4.69) is 0 Å². The molecule has 7 heteroatoms. The van der Waals surface area contributed by atoms with Crippen LogP contribution in [-0.2, 0) is 16.0 Å². The number of thioether (sulfide) groups is 1. The third kappa shape index (κ3) is 7.96. The van der Waals surface area contributed by atoms with Crippen molar-refractivity contribution in [3.05, 3.63) is 29.8 Å². The number of benzene rings is 1. The van der Waals surface area contributed by atoms with Gasteiger partial charge < -0.3 is 10.5 Å². The Morgan fingerprint density at radius 2 is 1.95 bits per heavy atom. The van der Waals surface area contributed by atoms with Gasteiger partial charge in [-0.05, 0) is 49.2 Å². The Labute approximate surface area is 126 Å². The first-order chi connectivity index (χ1) is 9.80. The topological polar surface area (TPSA) is 52.3 Å². The van der Waals surface area contributed by atoms with Crippen LogP contribution in [0.25, 0.3) is 0 Å². The minimum atomic E-state index is -4.28. The van der Waals surface area contributed by atoms with Gasteiger partial charge in [0.25, 0.3) is 0 Å². The number of ether oxygens (including phenoxy) is 1. The lowest BCUT2D eigenvalue weighted by Gasteiger charge is -2.12. The summed E-state index contributed by atoms with van der Waals surface area (Å²) >= 11 is -0.144. The molecule has 118 valence electrons. The highest BCUT2D eigenvalue weighted by Gasteiger charge is 2.28. The van der Waals surface area contributed by atoms with Crippen LogP contribution in [0.1, 0.15) is 25.3 Å². The number of esters is 1. The van der Waals surface area contributed by atoms with E-state index in [1.165, 1.54) is 12.1 Å². The summed E-state index contributed by atoms with van der Waals surface area (Å²) < 4.78 is 41.4. The second-order valence-corrected chi connectivity index (χ2v) is 5.64. The van der Waals surface area contributed by atoms with Crippen molar-refractivity contribution in [1.82, 2.24) is 0 Å². The standard InChI is InChI=1S/C14H18F3NO2S/c1-2-20-13(19)8-5-11(18)9-10-3-6-12(7-4-10)21-14(15,16)17/h3-4,6-7,11H,2,5,8-9,18H2,1H3. The van der Waals surface area contributed by atoms with Crippen molar-refractivity contribution < 1.29 is 22.7 Å². The zero-order chi connectivity index (χ0) is 15.9. The molecule has 1 atom stereocenters. The van der Waals surface area contributed by atoms with E-state index >= 15 is 0 Å². The van der Waals surface area contributed by atoms with Gasteiger partial charge in [0.2, 0.25) is 0 Å². The second-order valence-electron chi connectivity index (χ2n) is 4.50. The number of hydrogen-bond acceptors (Lipinski definition) is 4. The lowest BCUT2D eigenvalue weighted by atomic mass is 10.0. The van der Waals surface area contributed by atoms with Crippen molar-refractivity contribution in [2.75, 3.05) is 6.61 Å². The Bertz CT molecular complexity index is 449. The van der Waals surface area contributed by atoms with Crippen LogP contribution in [0.2, 0.25) is 0 Å². The van der Waals surface area contributed by atoms with E-state index in [9.17, 15) is 18.0 Å². The van der Waals surface area contributed by atoms with Crippen LogP contribution in [0.4, 0.5) is 13.2 Å². The molecule has 0 amide bonds. The SMILES string of the molecule is CCOC(=O)CCC(N)Cc1ccc(SC(F)(F)F)cc1. The minimum absolute atomic E-state index is 0.144. The van der Waals surface area contributed by atoms with E-state index in [-0.39, 0.29) is 35.1 Å². The molecule has 0 aliphatic carbocycles. The van der Waals surface area contributed by atoms with Gasteiger partial charge in [-0.1, -0.05) is 12.1 Å². The molecule has 0 fully saturated rings. The highest BCUT2D eigenvalue weighted by atomic mass is 32.2. The van der Waals surface area contributed by atoms with Crippen LogP contribution in [0.5, 0.6) is 0 Å². The molecule has 21 heavy (non-hydrogen) atoms. The molecule has 2 N–H and O–H groups in total. The predicted octanol–water partition coefficient (Wildman–Crippen LogP) is 3.51. The molecular weight excluding hydrogens is 303 g/mol. The van der Waals surface area contributed by atoms with Crippen molar-refractivity contribution in [2.45, 2.75) is 42.6 Å². The average molecular weight is 321 g/mol. The molecule has 3 nitrogen and oxygen atoms in total. The van der Waals surface area contributed by atoms with Gasteiger partial charge in [-0.25, -0.2) is 0 Å². The molecule has 0 aromatic heterocycles. The number of carbonyl (C=O) groups excluding carboxylic acids is 1. The molecule has 1 rings (SSSR count). The Kier molecular flexibility index (Phi) is 7.04. The zero-order valence-electron chi connectivity index (χ0n) is 11.7.